The molecule has 166 valence electrons. The summed E-state index contributed by atoms with van der Waals surface area (Å²) in [5.74, 6) is 1.60. The third-order valence-corrected chi connectivity index (χ3v) is 6.60. The summed E-state index contributed by atoms with van der Waals surface area (Å²) >= 11 is 5.42. The van der Waals surface area contributed by atoms with Crippen molar-refractivity contribution in [1.82, 2.24) is 14.5 Å². The summed E-state index contributed by atoms with van der Waals surface area (Å²) in [4.78, 5) is 17.9. The van der Waals surface area contributed by atoms with E-state index in [-0.39, 0.29) is 23.0 Å². The van der Waals surface area contributed by atoms with Gasteiger partial charge in [0.1, 0.15) is 0 Å². The van der Waals surface area contributed by atoms with Gasteiger partial charge in [0.05, 0.1) is 17.3 Å². The molecule has 1 atom stereocenters. The number of aromatic nitrogens is 2. The lowest BCUT2D eigenvalue weighted by molar-refractivity contribution is 0.174. The van der Waals surface area contributed by atoms with E-state index < -0.39 is 11.6 Å². The number of H-pyrrole nitrogens is 1. The maximum atomic E-state index is 13.1. The van der Waals surface area contributed by atoms with Gasteiger partial charge in [-0.05, 0) is 72.6 Å². The third-order valence-electron chi connectivity index (χ3n) is 6.32. The van der Waals surface area contributed by atoms with E-state index >= 15 is 0 Å². The Morgan fingerprint density at radius 1 is 1.16 bits per heavy atom. The lowest BCUT2D eigenvalue weighted by Crippen LogP contribution is -2.36. The summed E-state index contributed by atoms with van der Waals surface area (Å²) in [7, 11) is 1.94. The zero-order valence-electron chi connectivity index (χ0n) is 18.2. The Morgan fingerprint density at radius 3 is 2.53 bits per heavy atom. The maximum absolute atomic E-state index is 13.1. The van der Waals surface area contributed by atoms with Crippen LogP contribution in [0.4, 0.5) is 0 Å². The first-order chi connectivity index (χ1) is 15.3. The molecule has 2 aliphatic rings. The van der Waals surface area contributed by atoms with Gasteiger partial charge in [-0.2, -0.15) is 0 Å². The Balaban J connectivity index is 1.69. The second-order valence-electron chi connectivity index (χ2n) is 8.62. The smallest absolute Gasteiger partial charge is 0.260 e. The van der Waals surface area contributed by atoms with Gasteiger partial charge in [0.2, 0.25) is 12.7 Å². The summed E-state index contributed by atoms with van der Waals surface area (Å²) in [6, 6.07) is 11.3. The van der Waals surface area contributed by atoms with Crippen LogP contribution in [0.25, 0.3) is 5.69 Å². The molecule has 8 heteroatoms. The van der Waals surface area contributed by atoms with Crippen LogP contribution in [0.5, 0.6) is 17.4 Å². The van der Waals surface area contributed by atoms with E-state index in [0.717, 1.165) is 24.1 Å². The highest BCUT2D eigenvalue weighted by Crippen LogP contribution is 2.43. The monoisotopic (exact) mass is 451 g/mol. The molecule has 0 fully saturated rings. The van der Waals surface area contributed by atoms with Crippen LogP contribution in [-0.2, 0) is 6.42 Å². The number of likely N-dealkylation sites (N-methyl/N-ethyl adjacent to an activating group) is 1. The van der Waals surface area contributed by atoms with Crippen molar-refractivity contribution in [3.05, 3.63) is 73.8 Å². The Kier molecular flexibility index (Phi) is 5.06. The van der Waals surface area contributed by atoms with Crippen molar-refractivity contribution in [3.8, 4) is 23.1 Å². The molecule has 0 saturated heterocycles. The molecule has 2 aromatic carbocycles. The van der Waals surface area contributed by atoms with Crippen LogP contribution in [0.3, 0.4) is 0 Å². The second kappa shape index (κ2) is 7.79. The lowest BCUT2D eigenvalue weighted by Gasteiger charge is -2.35. The molecule has 0 aliphatic carbocycles. The molecule has 0 unspecified atom stereocenters. The molecule has 0 bridgehead atoms. The van der Waals surface area contributed by atoms with Crippen molar-refractivity contribution in [1.29, 1.82) is 0 Å². The maximum Gasteiger partial charge on any atom is 0.260 e. The number of aromatic hydroxyl groups is 1. The molecule has 0 amide bonds. The van der Waals surface area contributed by atoms with Crippen LogP contribution in [-0.4, -0.2) is 39.9 Å². The summed E-state index contributed by atoms with van der Waals surface area (Å²) in [5, 5.41) is 11.4. The quantitative estimate of drug-likeness (QED) is 0.586. The lowest BCUT2D eigenvalue weighted by atomic mass is 9.88. The van der Waals surface area contributed by atoms with E-state index in [1.54, 1.807) is 0 Å². The molecule has 0 saturated carbocycles. The number of fused-ring (bicyclic) bond motifs is 2. The van der Waals surface area contributed by atoms with Gasteiger partial charge in [0.25, 0.3) is 5.56 Å². The Labute approximate surface area is 190 Å². The predicted molar refractivity (Wildman–Crippen MR) is 124 cm³/mol. The number of benzene rings is 2. The van der Waals surface area contributed by atoms with Gasteiger partial charge < -0.3 is 14.6 Å². The van der Waals surface area contributed by atoms with Crippen molar-refractivity contribution in [2.45, 2.75) is 32.2 Å². The molecule has 2 N–H and O–H groups in total. The third kappa shape index (κ3) is 3.30. The zero-order valence-corrected chi connectivity index (χ0v) is 19.0. The molecular weight excluding hydrogens is 426 g/mol. The summed E-state index contributed by atoms with van der Waals surface area (Å²) in [6.07, 6.45) is 0.813. The number of ether oxygens (including phenoxy) is 2. The average Bonchev–Trinajstić information content (AvgIpc) is 3.21. The number of nitrogens with zero attached hydrogens (tertiary/aromatic N) is 2. The SMILES string of the molecule is CC(C)c1ccc(-n2c(O)c([C@H]3c4cc5c(cc4CCN3C)OCO5)c(=O)[nH]c2=S)cc1. The average molecular weight is 452 g/mol. The van der Waals surface area contributed by atoms with E-state index in [2.05, 4.69) is 23.7 Å². The fourth-order valence-corrected chi connectivity index (χ4v) is 4.83. The standard InChI is InChI=1S/C24H25N3O4S/c1-13(2)14-4-6-16(7-5-14)27-23(29)20(22(28)25-24(27)32)21-17-11-19-18(30-12-31-19)10-15(17)8-9-26(21)3/h4-7,10-11,13,21,29H,8-9,12H2,1-3H3,(H,25,28,32)/t21-/m1/s1. The molecule has 0 radical (unpaired) electrons. The fraction of sp³-hybridized carbons (Fsp3) is 0.333. The van der Waals surface area contributed by atoms with Gasteiger partial charge in [-0.3, -0.25) is 19.2 Å². The van der Waals surface area contributed by atoms with E-state index in [0.29, 0.717) is 23.1 Å². The van der Waals surface area contributed by atoms with Crippen LogP contribution in [0.2, 0.25) is 0 Å². The first-order valence-electron chi connectivity index (χ1n) is 10.7. The van der Waals surface area contributed by atoms with Crippen LogP contribution >= 0.6 is 12.2 Å². The normalized spacial score (nSPS) is 17.6. The van der Waals surface area contributed by atoms with E-state index in [4.69, 9.17) is 21.7 Å². The van der Waals surface area contributed by atoms with Crippen LogP contribution in [0.1, 0.15) is 48.1 Å². The summed E-state index contributed by atoms with van der Waals surface area (Å²) in [6.45, 7) is 5.16. The fourth-order valence-electron chi connectivity index (χ4n) is 4.54. The van der Waals surface area contributed by atoms with Gasteiger partial charge in [-0.15, -0.1) is 0 Å². The van der Waals surface area contributed by atoms with Crippen molar-refractivity contribution in [2.75, 3.05) is 20.4 Å². The highest BCUT2D eigenvalue weighted by atomic mass is 32.1. The molecule has 7 nitrogen and oxygen atoms in total. The van der Waals surface area contributed by atoms with Gasteiger partial charge in [0.15, 0.2) is 16.3 Å². The van der Waals surface area contributed by atoms with Gasteiger partial charge in [0, 0.05) is 6.54 Å². The predicted octanol–water partition coefficient (Wildman–Crippen LogP) is 4.03. The van der Waals surface area contributed by atoms with E-state index in [9.17, 15) is 9.90 Å². The second-order valence-corrected chi connectivity index (χ2v) is 9.00. The van der Waals surface area contributed by atoms with Gasteiger partial charge >= 0.3 is 0 Å². The zero-order chi connectivity index (χ0) is 22.6. The number of nitrogens with one attached hydrogen (secondary N) is 1. The Bertz CT molecular complexity index is 1310. The molecular formula is C24H25N3O4S. The molecule has 3 heterocycles. The van der Waals surface area contributed by atoms with Crippen molar-refractivity contribution < 1.29 is 14.6 Å². The number of hydrogen-bond donors (Lipinski definition) is 2. The highest BCUT2D eigenvalue weighted by Gasteiger charge is 2.34. The first kappa shape index (κ1) is 20.8. The van der Waals surface area contributed by atoms with Crippen molar-refractivity contribution >= 4 is 12.2 Å². The molecule has 3 aromatic rings. The van der Waals surface area contributed by atoms with Crippen molar-refractivity contribution in [2.24, 2.45) is 0 Å². The molecule has 0 spiro atoms. The van der Waals surface area contributed by atoms with Crippen LogP contribution in [0, 0.1) is 4.77 Å². The highest BCUT2D eigenvalue weighted by molar-refractivity contribution is 7.71. The number of hydrogen-bond acceptors (Lipinski definition) is 6. The summed E-state index contributed by atoms with van der Waals surface area (Å²) in [5.41, 5.74) is 3.73. The van der Waals surface area contributed by atoms with Crippen LogP contribution in [0.15, 0.2) is 41.2 Å². The van der Waals surface area contributed by atoms with E-state index in [1.807, 2.05) is 43.4 Å². The van der Waals surface area contributed by atoms with Crippen molar-refractivity contribution in [3.63, 3.8) is 0 Å². The van der Waals surface area contributed by atoms with Gasteiger partial charge in [-0.1, -0.05) is 26.0 Å². The topological polar surface area (TPSA) is 79.7 Å². The largest absolute Gasteiger partial charge is 0.494 e. The molecule has 2 aliphatic heterocycles. The summed E-state index contributed by atoms with van der Waals surface area (Å²) < 4.78 is 12.8. The van der Waals surface area contributed by atoms with Crippen LogP contribution < -0.4 is 15.0 Å². The minimum absolute atomic E-state index is 0.151. The van der Waals surface area contributed by atoms with E-state index in [1.165, 1.54) is 10.1 Å². The van der Waals surface area contributed by atoms with Gasteiger partial charge in [-0.25, -0.2) is 0 Å². The minimum Gasteiger partial charge on any atom is -0.494 e. The molecule has 5 rings (SSSR count). The molecule has 1 aromatic heterocycles. The Morgan fingerprint density at radius 2 is 1.84 bits per heavy atom. The molecule has 32 heavy (non-hydrogen) atoms. The minimum atomic E-state index is -0.450. The number of aromatic amines is 1. The Hall–Kier alpha value is -3.10. The first-order valence-corrected chi connectivity index (χ1v) is 11.1. The number of rotatable bonds is 3.